The quantitative estimate of drug-likeness (QED) is 0.928. The second-order valence-electron chi connectivity index (χ2n) is 5.90. The lowest BCUT2D eigenvalue weighted by molar-refractivity contribution is -0.142. The van der Waals surface area contributed by atoms with E-state index in [9.17, 15) is 9.90 Å². The predicted molar refractivity (Wildman–Crippen MR) is 87.7 cm³/mol. The Bertz CT molecular complexity index is 636. The number of hydrogen-bond donors (Lipinski definition) is 1. The average Bonchev–Trinajstić information content (AvgIpc) is 3.05. The van der Waals surface area contributed by atoms with Gasteiger partial charge in [-0.1, -0.05) is 54.6 Å². The van der Waals surface area contributed by atoms with E-state index in [2.05, 4.69) is 48.2 Å². The number of aliphatic carboxylic acids is 1. The Kier molecular flexibility index (Phi) is 4.25. The van der Waals surface area contributed by atoms with Crippen LogP contribution in [0.3, 0.4) is 0 Å². The topological polar surface area (TPSA) is 40.5 Å². The standard InChI is InChI=1S/C19H21NO2/c1-14(20-13-5-8-18(20)19(21)22)15-9-11-17(12-10-15)16-6-3-2-4-7-16/h2-4,6-7,9-12,14,18H,5,8,13H2,1H3,(H,21,22). The molecule has 1 N–H and O–H groups in total. The lowest BCUT2D eigenvalue weighted by Crippen LogP contribution is -2.37. The minimum atomic E-state index is -0.703. The first kappa shape index (κ1) is 14.8. The van der Waals surface area contributed by atoms with Crippen LogP contribution in [0.1, 0.15) is 31.4 Å². The molecule has 0 radical (unpaired) electrons. The Hall–Kier alpha value is -2.13. The summed E-state index contributed by atoms with van der Waals surface area (Å²) in [5.41, 5.74) is 3.56. The summed E-state index contributed by atoms with van der Waals surface area (Å²) in [4.78, 5) is 13.4. The number of rotatable bonds is 4. The minimum absolute atomic E-state index is 0.133. The van der Waals surface area contributed by atoms with E-state index in [1.54, 1.807) is 0 Å². The first-order valence-corrected chi connectivity index (χ1v) is 7.81. The summed E-state index contributed by atoms with van der Waals surface area (Å²) in [6.45, 7) is 2.96. The Balaban J connectivity index is 1.79. The van der Waals surface area contributed by atoms with E-state index in [0.29, 0.717) is 0 Å². The molecular formula is C19H21NO2. The van der Waals surface area contributed by atoms with Crippen LogP contribution in [0.2, 0.25) is 0 Å². The van der Waals surface area contributed by atoms with Crippen LogP contribution in [0.5, 0.6) is 0 Å². The van der Waals surface area contributed by atoms with Crippen molar-refractivity contribution in [1.29, 1.82) is 0 Å². The first-order valence-electron chi connectivity index (χ1n) is 7.81. The van der Waals surface area contributed by atoms with Crippen LogP contribution in [-0.4, -0.2) is 28.6 Å². The molecule has 3 rings (SSSR count). The largest absolute Gasteiger partial charge is 0.480 e. The molecule has 3 heteroatoms. The fourth-order valence-corrected chi connectivity index (χ4v) is 3.29. The summed E-state index contributed by atoms with van der Waals surface area (Å²) in [7, 11) is 0. The molecule has 2 aromatic rings. The summed E-state index contributed by atoms with van der Waals surface area (Å²) in [5, 5.41) is 9.33. The van der Waals surface area contributed by atoms with Crippen molar-refractivity contribution in [2.24, 2.45) is 0 Å². The van der Waals surface area contributed by atoms with Gasteiger partial charge in [-0.3, -0.25) is 9.69 Å². The molecule has 0 bridgehead atoms. The van der Waals surface area contributed by atoms with E-state index in [1.807, 2.05) is 18.2 Å². The lowest BCUT2D eigenvalue weighted by Gasteiger charge is -2.28. The van der Waals surface area contributed by atoms with Gasteiger partial charge in [0.15, 0.2) is 0 Å². The van der Waals surface area contributed by atoms with Gasteiger partial charge in [0.1, 0.15) is 6.04 Å². The van der Waals surface area contributed by atoms with E-state index >= 15 is 0 Å². The molecule has 2 atom stereocenters. The Morgan fingerprint density at radius 1 is 1.09 bits per heavy atom. The number of carboxylic acids is 1. The highest BCUT2D eigenvalue weighted by molar-refractivity contribution is 5.74. The molecule has 22 heavy (non-hydrogen) atoms. The maximum atomic E-state index is 11.3. The van der Waals surface area contributed by atoms with Crippen molar-refractivity contribution in [3.8, 4) is 11.1 Å². The van der Waals surface area contributed by atoms with Crippen LogP contribution in [0, 0.1) is 0 Å². The molecule has 3 nitrogen and oxygen atoms in total. The molecule has 2 unspecified atom stereocenters. The van der Waals surface area contributed by atoms with Gasteiger partial charge in [-0.25, -0.2) is 0 Å². The molecule has 0 aromatic heterocycles. The van der Waals surface area contributed by atoms with Crippen molar-refractivity contribution in [3.05, 3.63) is 60.2 Å². The second-order valence-corrected chi connectivity index (χ2v) is 5.90. The van der Waals surface area contributed by atoms with Crippen LogP contribution in [-0.2, 0) is 4.79 Å². The van der Waals surface area contributed by atoms with Crippen molar-refractivity contribution in [2.45, 2.75) is 31.8 Å². The van der Waals surface area contributed by atoms with Crippen LogP contribution < -0.4 is 0 Å². The molecule has 114 valence electrons. The molecule has 1 aliphatic rings. The average molecular weight is 295 g/mol. The number of likely N-dealkylation sites (tertiary alicyclic amines) is 1. The summed E-state index contributed by atoms with van der Waals surface area (Å²) in [6, 6.07) is 18.5. The van der Waals surface area contributed by atoms with Crippen molar-refractivity contribution >= 4 is 5.97 Å². The van der Waals surface area contributed by atoms with E-state index in [0.717, 1.165) is 19.4 Å². The highest BCUT2D eigenvalue weighted by Gasteiger charge is 2.33. The lowest BCUT2D eigenvalue weighted by atomic mass is 10.0. The van der Waals surface area contributed by atoms with E-state index in [-0.39, 0.29) is 12.1 Å². The first-order chi connectivity index (χ1) is 10.7. The van der Waals surface area contributed by atoms with Crippen LogP contribution in [0.4, 0.5) is 0 Å². The SMILES string of the molecule is CC(c1ccc(-c2ccccc2)cc1)N1CCCC1C(=O)O. The molecule has 1 fully saturated rings. The number of nitrogens with zero attached hydrogens (tertiary/aromatic N) is 1. The van der Waals surface area contributed by atoms with E-state index < -0.39 is 5.97 Å². The summed E-state index contributed by atoms with van der Waals surface area (Å²) in [6.07, 6.45) is 1.71. The Morgan fingerprint density at radius 3 is 2.36 bits per heavy atom. The van der Waals surface area contributed by atoms with Gasteiger partial charge >= 0.3 is 5.97 Å². The molecule has 1 aliphatic heterocycles. The normalized spacial score (nSPS) is 20.0. The van der Waals surface area contributed by atoms with Crippen LogP contribution >= 0.6 is 0 Å². The predicted octanol–water partition coefficient (Wildman–Crippen LogP) is 3.96. The fourth-order valence-electron chi connectivity index (χ4n) is 3.29. The highest BCUT2D eigenvalue weighted by Crippen LogP contribution is 2.30. The van der Waals surface area contributed by atoms with Gasteiger partial charge in [0, 0.05) is 6.04 Å². The van der Waals surface area contributed by atoms with Crippen molar-refractivity contribution in [3.63, 3.8) is 0 Å². The van der Waals surface area contributed by atoms with Crippen molar-refractivity contribution in [2.75, 3.05) is 6.54 Å². The second kappa shape index (κ2) is 6.32. The maximum Gasteiger partial charge on any atom is 0.320 e. The Morgan fingerprint density at radius 2 is 1.73 bits per heavy atom. The van der Waals surface area contributed by atoms with E-state index in [4.69, 9.17) is 0 Å². The molecule has 0 amide bonds. The molecule has 0 saturated carbocycles. The molecule has 0 aliphatic carbocycles. The summed E-state index contributed by atoms with van der Waals surface area (Å²) in [5.74, 6) is -0.703. The Labute approximate surface area is 131 Å². The zero-order valence-corrected chi connectivity index (χ0v) is 12.8. The smallest absolute Gasteiger partial charge is 0.320 e. The molecule has 2 aromatic carbocycles. The third kappa shape index (κ3) is 2.90. The minimum Gasteiger partial charge on any atom is -0.480 e. The van der Waals surface area contributed by atoms with Crippen LogP contribution in [0.15, 0.2) is 54.6 Å². The van der Waals surface area contributed by atoms with Gasteiger partial charge in [-0.2, -0.15) is 0 Å². The number of hydrogen-bond acceptors (Lipinski definition) is 2. The van der Waals surface area contributed by atoms with Gasteiger partial charge in [-0.05, 0) is 43.0 Å². The third-order valence-electron chi connectivity index (χ3n) is 4.58. The molecular weight excluding hydrogens is 274 g/mol. The molecule has 0 spiro atoms. The van der Waals surface area contributed by atoms with E-state index in [1.165, 1.54) is 16.7 Å². The van der Waals surface area contributed by atoms with Crippen LogP contribution in [0.25, 0.3) is 11.1 Å². The van der Waals surface area contributed by atoms with Crippen molar-refractivity contribution < 1.29 is 9.90 Å². The summed E-state index contributed by atoms with van der Waals surface area (Å²) < 4.78 is 0. The monoisotopic (exact) mass is 295 g/mol. The van der Waals surface area contributed by atoms with Gasteiger partial charge in [0.25, 0.3) is 0 Å². The van der Waals surface area contributed by atoms with Crippen molar-refractivity contribution in [1.82, 2.24) is 4.90 Å². The van der Waals surface area contributed by atoms with Gasteiger partial charge in [0.2, 0.25) is 0 Å². The zero-order valence-electron chi connectivity index (χ0n) is 12.8. The van der Waals surface area contributed by atoms with Gasteiger partial charge in [0.05, 0.1) is 0 Å². The summed E-state index contributed by atoms with van der Waals surface area (Å²) >= 11 is 0. The number of carboxylic acid groups (broad SMARTS) is 1. The molecule has 1 saturated heterocycles. The highest BCUT2D eigenvalue weighted by atomic mass is 16.4. The molecule has 1 heterocycles. The number of benzene rings is 2. The fraction of sp³-hybridized carbons (Fsp3) is 0.316. The third-order valence-corrected chi connectivity index (χ3v) is 4.58. The number of carbonyl (C=O) groups is 1. The van der Waals surface area contributed by atoms with Gasteiger partial charge in [-0.15, -0.1) is 0 Å². The maximum absolute atomic E-state index is 11.3. The van der Waals surface area contributed by atoms with Gasteiger partial charge < -0.3 is 5.11 Å². The zero-order chi connectivity index (χ0) is 15.5.